The van der Waals surface area contributed by atoms with Gasteiger partial charge in [0.15, 0.2) is 0 Å². The molecule has 7 nitrogen and oxygen atoms in total. The number of carbonyl (C=O) groups excluding carboxylic acids is 1. The molecule has 2 rings (SSSR count). The van der Waals surface area contributed by atoms with Gasteiger partial charge in [-0.15, -0.1) is 0 Å². The van der Waals surface area contributed by atoms with Crippen molar-refractivity contribution in [3.8, 4) is 5.88 Å². The second kappa shape index (κ2) is 10.4. The summed E-state index contributed by atoms with van der Waals surface area (Å²) in [5, 5.41) is 6.98. The number of aromatic nitrogens is 1. The Kier molecular flexibility index (Phi) is 8.23. The summed E-state index contributed by atoms with van der Waals surface area (Å²) in [5.74, 6) is 0.944. The van der Waals surface area contributed by atoms with Crippen LogP contribution in [-0.2, 0) is 0 Å². The third-order valence-corrected chi connectivity index (χ3v) is 5.25. The monoisotopic (exact) mass is 427 g/mol. The summed E-state index contributed by atoms with van der Waals surface area (Å²) in [6.45, 7) is 1.71. The minimum Gasteiger partial charge on any atom is -0.476 e. The maximum atomic E-state index is 11.8. The van der Waals surface area contributed by atoms with E-state index in [-0.39, 0.29) is 6.03 Å². The molecule has 1 atom stereocenters. The van der Waals surface area contributed by atoms with Gasteiger partial charge in [0.2, 0.25) is 5.88 Å². The highest BCUT2D eigenvalue weighted by Crippen LogP contribution is 2.17. The van der Waals surface area contributed by atoms with E-state index in [0.717, 1.165) is 16.9 Å². The number of likely N-dealkylation sites (tertiary alicyclic amines) is 1. The third kappa shape index (κ3) is 7.05. The van der Waals surface area contributed by atoms with E-state index in [4.69, 9.17) is 4.74 Å². The summed E-state index contributed by atoms with van der Waals surface area (Å²) in [7, 11) is 3.78. The molecule has 25 heavy (non-hydrogen) atoms. The van der Waals surface area contributed by atoms with Gasteiger partial charge in [-0.25, -0.2) is 4.79 Å². The lowest BCUT2D eigenvalue weighted by Crippen LogP contribution is -2.30. The van der Waals surface area contributed by atoms with Crippen LogP contribution in [0.2, 0.25) is 0 Å². The number of rotatable bonds is 6. The Hall–Kier alpha value is -1.58. The summed E-state index contributed by atoms with van der Waals surface area (Å²) < 4.78 is 6.49. The average Bonchev–Trinajstić information content (AvgIpc) is 3.02. The molecule has 2 heterocycles. The number of carbonyl (C=O) groups is 1. The second-order valence-electron chi connectivity index (χ2n) is 5.44. The van der Waals surface area contributed by atoms with Crippen LogP contribution in [0.3, 0.4) is 0 Å². The number of ether oxygens (including phenoxy) is 1. The molecule has 1 aliphatic rings. The van der Waals surface area contributed by atoms with E-state index < -0.39 is 0 Å². The van der Waals surface area contributed by atoms with Crippen molar-refractivity contribution >= 4 is 43.5 Å². The summed E-state index contributed by atoms with van der Waals surface area (Å²) in [5.41, 5.74) is 0. The topological polar surface area (TPSA) is 78.8 Å². The van der Waals surface area contributed by atoms with Crippen LogP contribution in [0.4, 0.5) is 10.6 Å². The van der Waals surface area contributed by atoms with Crippen molar-refractivity contribution < 1.29 is 9.53 Å². The highest BCUT2D eigenvalue weighted by Gasteiger charge is 2.21. The van der Waals surface area contributed by atoms with Crippen molar-refractivity contribution in [2.24, 2.45) is 4.99 Å². The molecule has 0 spiro atoms. The first-order chi connectivity index (χ1) is 12.1. The number of pyridine rings is 1. The van der Waals surface area contributed by atoms with Gasteiger partial charge < -0.3 is 15.0 Å². The van der Waals surface area contributed by atoms with Gasteiger partial charge in [-0.2, -0.15) is 4.98 Å². The number of amides is 2. The summed E-state index contributed by atoms with van der Waals surface area (Å²) in [4.78, 5) is 22.4. The second-order valence-corrected chi connectivity index (χ2v) is 7.61. The molecule has 9 heteroatoms. The van der Waals surface area contributed by atoms with E-state index in [0.29, 0.717) is 24.3 Å². The Bertz CT molecular complexity index is 641. The van der Waals surface area contributed by atoms with Gasteiger partial charge in [-0.1, -0.05) is 17.8 Å². The smallest absolute Gasteiger partial charge is 0.324 e. The molecule has 1 saturated heterocycles. The molecule has 1 fully saturated rings. The number of anilines is 1. The molecular formula is C16H22BrN5O2S. The van der Waals surface area contributed by atoms with Gasteiger partial charge in [-0.3, -0.25) is 10.3 Å². The maximum Gasteiger partial charge on any atom is 0.324 e. The zero-order chi connectivity index (χ0) is 18.1. The molecule has 1 aromatic rings. The quantitative estimate of drug-likeness (QED) is 0.537. The van der Waals surface area contributed by atoms with Crippen molar-refractivity contribution in [1.29, 1.82) is 0 Å². The Balaban J connectivity index is 1.79. The molecule has 0 saturated carbocycles. The van der Waals surface area contributed by atoms with Crippen LogP contribution in [0.15, 0.2) is 34.8 Å². The fourth-order valence-electron chi connectivity index (χ4n) is 2.34. The number of nitrogens with one attached hydrogen (secondary N) is 2. The van der Waals surface area contributed by atoms with E-state index in [9.17, 15) is 4.79 Å². The lowest BCUT2D eigenvalue weighted by atomic mass is 10.2. The highest BCUT2D eigenvalue weighted by molar-refractivity contribution is 9.22. The molecular weight excluding hydrogens is 406 g/mol. The maximum absolute atomic E-state index is 11.8. The number of thioether (sulfide) groups is 1. The Morgan fingerprint density at radius 2 is 2.44 bits per heavy atom. The fraction of sp³-hybridized carbons (Fsp3) is 0.438. The van der Waals surface area contributed by atoms with Gasteiger partial charge in [-0.05, 0) is 53.8 Å². The largest absolute Gasteiger partial charge is 0.476 e. The zero-order valence-corrected chi connectivity index (χ0v) is 16.6. The molecule has 0 aromatic carbocycles. The predicted molar refractivity (Wildman–Crippen MR) is 107 cm³/mol. The van der Waals surface area contributed by atoms with Crippen molar-refractivity contribution in [2.45, 2.75) is 18.9 Å². The molecule has 2 N–H and O–H groups in total. The van der Waals surface area contributed by atoms with Crippen LogP contribution in [-0.4, -0.2) is 53.2 Å². The van der Waals surface area contributed by atoms with E-state index >= 15 is 0 Å². The summed E-state index contributed by atoms with van der Waals surface area (Å²) >= 11 is 4.60. The number of urea groups is 1. The first-order valence-corrected chi connectivity index (χ1v) is 9.57. The number of aliphatic imine (C=N–C) groups is 1. The van der Waals surface area contributed by atoms with Crippen LogP contribution in [0, 0.1) is 0 Å². The average molecular weight is 428 g/mol. The van der Waals surface area contributed by atoms with Crippen molar-refractivity contribution in [2.75, 3.05) is 32.6 Å². The molecule has 2 amide bonds. The lowest BCUT2D eigenvalue weighted by molar-refractivity contribution is 0.193. The molecule has 1 aromatic heterocycles. The molecule has 0 radical (unpaired) electrons. The normalized spacial score (nSPS) is 18.5. The van der Waals surface area contributed by atoms with Crippen LogP contribution in [0.1, 0.15) is 12.8 Å². The van der Waals surface area contributed by atoms with Gasteiger partial charge in [0, 0.05) is 25.4 Å². The molecule has 1 aliphatic heterocycles. The van der Waals surface area contributed by atoms with Gasteiger partial charge >= 0.3 is 6.03 Å². The number of halogens is 1. The Labute approximate surface area is 160 Å². The van der Waals surface area contributed by atoms with Gasteiger partial charge in [0.25, 0.3) is 0 Å². The van der Waals surface area contributed by atoms with E-state index in [1.165, 1.54) is 24.4 Å². The fourth-order valence-corrected chi connectivity index (χ4v) is 3.02. The lowest BCUT2D eigenvalue weighted by Gasteiger charge is -2.19. The van der Waals surface area contributed by atoms with Crippen molar-refractivity contribution in [3.05, 3.63) is 29.8 Å². The van der Waals surface area contributed by atoms with Crippen LogP contribution >= 0.6 is 27.7 Å². The van der Waals surface area contributed by atoms with E-state index in [1.807, 2.05) is 0 Å². The van der Waals surface area contributed by atoms with E-state index in [1.54, 1.807) is 30.7 Å². The number of nitrogens with zero attached hydrogens (tertiary/aromatic N) is 3. The first kappa shape index (κ1) is 19.7. The van der Waals surface area contributed by atoms with Crippen molar-refractivity contribution in [1.82, 2.24) is 15.2 Å². The highest BCUT2D eigenvalue weighted by atomic mass is 79.9. The number of hydrogen-bond acceptors (Lipinski definition) is 6. The van der Waals surface area contributed by atoms with Crippen LogP contribution < -0.4 is 15.4 Å². The minimum atomic E-state index is -0.374. The van der Waals surface area contributed by atoms with Gasteiger partial charge in [0.1, 0.15) is 16.4 Å². The van der Waals surface area contributed by atoms with Crippen LogP contribution in [0.25, 0.3) is 0 Å². The minimum absolute atomic E-state index is 0.374. The van der Waals surface area contributed by atoms with E-state index in [2.05, 4.69) is 48.5 Å². The SMILES string of the molecule is CN=C(Br)S/C=C/NC(=O)Nc1cccc(OCC2CCCN2C)n1. The summed E-state index contributed by atoms with van der Waals surface area (Å²) in [6, 6.07) is 5.36. The first-order valence-electron chi connectivity index (χ1n) is 7.90. The Morgan fingerprint density at radius 1 is 1.60 bits per heavy atom. The molecule has 136 valence electrons. The molecule has 1 unspecified atom stereocenters. The zero-order valence-electron chi connectivity index (χ0n) is 14.2. The number of likely N-dealkylation sites (N-methyl/N-ethyl adjacent to an activating group) is 1. The Morgan fingerprint density at radius 3 is 3.16 bits per heavy atom. The third-order valence-electron chi connectivity index (χ3n) is 3.68. The molecule has 0 aliphatic carbocycles. The van der Waals surface area contributed by atoms with Crippen molar-refractivity contribution in [3.63, 3.8) is 0 Å². The standard InChI is InChI=1S/C16H22BrN5O2S/c1-18-15(17)25-10-8-19-16(23)21-13-6-3-7-14(20-13)24-11-12-5-4-9-22(12)2/h3,6-8,10,12H,4-5,9,11H2,1-2H3,(H2,19,20,21,23)/b10-8+,18-15?. The predicted octanol–water partition coefficient (Wildman–Crippen LogP) is 3.26. The summed E-state index contributed by atoms with van der Waals surface area (Å²) in [6.07, 6.45) is 3.87. The molecule has 0 bridgehead atoms. The van der Waals surface area contributed by atoms with Gasteiger partial charge in [0.05, 0.1) is 0 Å². The van der Waals surface area contributed by atoms with Crippen LogP contribution in [0.5, 0.6) is 5.88 Å². The number of hydrogen-bond donors (Lipinski definition) is 2.